The highest BCUT2D eigenvalue weighted by Crippen LogP contribution is 2.26. The van der Waals surface area contributed by atoms with Gasteiger partial charge in [0.05, 0.1) is 16.9 Å². The normalized spacial score (nSPS) is 11.3. The number of rotatable bonds is 4. The van der Waals surface area contributed by atoms with E-state index in [4.69, 9.17) is 12.2 Å². The molecule has 0 amide bonds. The molecule has 2 heterocycles. The van der Waals surface area contributed by atoms with E-state index < -0.39 is 0 Å². The summed E-state index contributed by atoms with van der Waals surface area (Å²) in [4.78, 5) is 9.12. The molecule has 2 aromatic carbocycles. The summed E-state index contributed by atoms with van der Waals surface area (Å²) in [6.45, 7) is 1.99. The first-order valence-corrected chi connectivity index (χ1v) is 9.43. The summed E-state index contributed by atoms with van der Waals surface area (Å²) in [6.07, 6.45) is 1.79. The zero-order valence-corrected chi connectivity index (χ0v) is 15.7. The molecule has 0 aliphatic heterocycles. The Morgan fingerprint density at radius 2 is 1.77 bits per heavy atom. The predicted octanol–water partition coefficient (Wildman–Crippen LogP) is 5.72. The maximum absolute atomic E-state index is 5.62. The van der Waals surface area contributed by atoms with Crippen LogP contribution in [0.3, 0.4) is 0 Å². The third kappa shape index (κ3) is 3.29. The fraction of sp³-hybridized carbons (Fsp3) is 0.0500. The third-order valence-corrected chi connectivity index (χ3v) is 5.15. The Labute approximate surface area is 160 Å². The molecule has 0 unspecified atom stereocenters. The van der Waals surface area contributed by atoms with Crippen LogP contribution < -0.4 is 0 Å². The van der Waals surface area contributed by atoms with Gasteiger partial charge in [0, 0.05) is 22.9 Å². The van der Waals surface area contributed by atoms with E-state index in [2.05, 4.69) is 15.1 Å². The van der Waals surface area contributed by atoms with Gasteiger partial charge in [-0.2, -0.15) is 0 Å². The number of nitrogens with one attached hydrogen (secondary N) is 1. The second-order valence-electron chi connectivity index (χ2n) is 5.77. The number of aryl methyl sites for hydroxylation is 1. The van der Waals surface area contributed by atoms with E-state index in [0.717, 1.165) is 28.2 Å². The summed E-state index contributed by atoms with van der Waals surface area (Å²) < 4.78 is 2.60. The van der Waals surface area contributed by atoms with Crippen molar-refractivity contribution in [3.63, 3.8) is 0 Å². The van der Waals surface area contributed by atoms with E-state index in [-0.39, 0.29) is 0 Å². The number of para-hydroxylation sites is 1. The second kappa shape index (κ2) is 7.19. The SMILES string of the molecule is Cc1[nH]n(-c2ccccc2)c(=S)c1C=Nc1nc(-c2ccccc2)cs1. The number of aliphatic imine (C=N–C) groups is 1. The molecule has 0 radical (unpaired) electrons. The fourth-order valence-electron chi connectivity index (χ4n) is 2.66. The molecule has 128 valence electrons. The van der Waals surface area contributed by atoms with Crippen LogP contribution in [0.15, 0.2) is 71.0 Å². The van der Waals surface area contributed by atoms with Crippen LogP contribution in [-0.4, -0.2) is 21.0 Å². The van der Waals surface area contributed by atoms with Crippen molar-refractivity contribution in [2.45, 2.75) is 6.92 Å². The average Bonchev–Trinajstić information content (AvgIpc) is 3.26. The van der Waals surface area contributed by atoms with Crippen molar-refractivity contribution < 1.29 is 0 Å². The molecule has 0 saturated heterocycles. The van der Waals surface area contributed by atoms with Crippen LogP contribution in [-0.2, 0) is 0 Å². The number of aromatic amines is 1. The van der Waals surface area contributed by atoms with Crippen LogP contribution in [0, 0.1) is 11.6 Å². The van der Waals surface area contributed by atoms with Crippen LogP contribution in [0.1, 0.15) is 11.3 Å². The highest BCUT2D eigenvalue weighted by Gasteiger charge is 2.08. The number of hydrogen-bond acceptors (Lipinski definition) is 4. The van der Waals surface area contributed by atoms with Gasteiger partial charge >= 0.3 is 0 Å². The topological polar surface area (TPSA) is 46.0 Å². The summed E-state index contributed by atoms with van der Waals surface area (Å²) in [6, 6.07) is 20.1. The number of benzene rings is 2. The van der Waals surface area contributed by atoms with Gasteiger partial charge in [-0.3, -0.25) is 5.10 Å². The molecule has 1 N–H and O–H groups in total. The summed E-state index contributed by atoms with van der Waals surface area (Å²) in [7, 11) is 0. The molecule has 0 saturated carbocycles. The molecular weight excluding hydrogens is 360 g/mol. The lowest BCUT2D eigenvalue weighted by Crippen LogP contribution is -1.95. The van der Waals surface area contributed by atoms with Crippen LogP contribution in [0.2, 0.25) is 0 Å². The molecule has 4 aromatic rings. The van der Waals surface area contributed by atoms with Crippen molar-refractivity contribution in [2.75, 3.05) is 0 Å². The third-order valence-electron chi connectivity index (χ3n) is 4.00. The molecule has 0 aliphatic rings. The summed E-state index contributed by atoms with van der Waals surface area (Å²) >= 11 is 7.13. The van der Waals surface area contributed by atoms with Gasteiger partial charge in [-0.15, -0.1) is 11.3 Å². The summed E-state index contributed by atoms with van der Waals surface area (Å²) in [5, 5.41) is 6.03. The monoisotopic (exact) mass is 376 g/mol. The van der Waals surface area contributed by atoms with Crippen LogP contribution in [0.5, 0.6) is 0 Å². The number of H-pyrrole nitrogens is 1. The molecule has 0 aliphatic carbocycles. The number of nitrogens with zero attached hydrogens (tertiary/aromatic N) is 3. The van der Waals surface area contributed by atoms with E-state index in [0.29, 0.717) is 9.77 Å². The Bertz CT molecular complexity index is 1110. The Morgan fingerprint density at radius 1 is 1.08 bits per heavy atom. The Kier molecular flexibility index (Phi) is 4.60. The number of thiazole rings is 1. The van der Waals surface area contributed by atoms with E-state index in [9.17, 15) is 0 Å². The average molecular weight is 377 g/mol. The minimum Gasteiger partial charge on any atom is -0.297 e. The fourth-order valence-corrected chi connectivity index (χ4v) is 3.68. The van der Waals surface area contributed by atoms with Crippen molar-refractivity contribution in [3.8, 4) is 16.9 Å². The maximum Gasteiger partial charge on any atom is 0.209 e. The number of aromatic nitrogens is 3. The van der Waals surface area contributed by atoms with E-state index in [1.54, 1.807) is 6.21 Å². The molecule has 2 aromatic heterocycles. The van der Waals surface area contributed by atoms with Gasteiger partial charge in [-0.25, -0.2) is 14.7 Å². The van der Waals surface area contributed by atoms with Gasteiger partial charge in [-0.1, -0.05) is 60.7 Å². The molecular formula is C20H16N4S2. The van der Waals surface area contributed by atoms with Crippen LogP contribution in [0.4, 0.5) is 5.13 Å². The lowest BCUT2D eigenvalue weighted by atomic mass is 10.2. The van der Waals surface area contributed by atoms with Crippen molar-refractivity contribution in [1.82, 2.24) is 14.8 Å². The van der Waals surface area contributed by atoms with E-state index in [1.165, 1.54) is 11.3 Å². The quantitative estimate of drug-likeness (QED) is 0.366. The van der Waals surface area contributed by atoms with Gasteiger partial charge in [-0.05, 0) is 19.1 Å². The van der Waals surface area contributed by atoms with Gasteiger partial charge in [0.15, 0.2) is 0 Å². The van der Waals surface area contributed by atoms with Crippen molar-refractivity contribution >= 4 is 34.9 Å². The zero-order chi connectivity index (χ0) is 17.9. The molecule has 0 fully saturated rings. The standard InChI is InChI=1S/C20H16N4S2/c1-14-17(19(25)24(23-14)16-10-6-3-7-11-16)12-21-20-22-18(13-26-20)15-8-4-2-5-9-15/h2-13,23H,1H3. The Hall–Kier alpha value is -2.83. The van der Waals surface area contributed by atoms with Crippen molar-refractivity contribution in [1.29, 1.82) is 0 Å². The van der Waals surface area contributed by atoms with Crippen LogP contribution in [0.25, 0.3) is 16.9 Å². The van der Waals surface area contributed by atoms with Gasteiger partial charge in [0.1, 0.15) is 4.64 Å². The van der Waals surface area contributed by atoms with Crippen LogP contribution >= 0.6 is 23.6 Å². The molecule has 6 heteroatoms. The lowest BCUT2D eigenvalue weighted by molar-refractivity contribution is 0.853. The first-order chi connectivity index (χ1) is 12.7. The largest absolute Gasteiger partial charge is 0.297 e. The second-order valence-corrected chi connectivity index (χ2v) is 6.99. The summed E-state index contributed by atoms with van der Waals surface area (Å²) in [5.41, 5.74) is 4.91. The highest BCUT2D eigenvalue weighted by atomic mass is 32.1. The van der Waals surface area contributed by atoms with E-state index in [1.807, 2.05) is 77.6 Å². The predicted molar refractivity (Wildman–Crippen MR) is 110 cm³/mol. The molecule has 4 nitrogen and oxygen atoms in total. The molecule has 26 heavy (non-hydrogen) atoms. The number of hydrogen-bond donors (Lipinski definition) is 1. The Balaban J connectivity index is 1.63. The maximum atomic E-state index is 5.62. The van der Waals surface area contributed by atoms with E-state index >= 15 is 0 Å². The minimum atomic E-state index is 0.706. The first kappa shape index (κ1) is 16.6. The molecule has 0 atom stereocenters. The van der Waals surface area contributed by atoms with Crippen molar-refractivity contribution in [2.24, 2.45) is 4.99 Å². The van der Waals surface area contributed by atoms with Gasteiger partial charge < -0.3 is 0 Å². The summed E-state index contributed by atoms with van der Waals surface area (Å²) in [5.74, 6) is 0. The molecule has 0 spiro atoms. The molecule has 0 bridgehead atoms. The first-order valence-electron chi connectivity index (χ1n) is 8.14. The Morgan fingerprint density at radius 3 is 2.50 bits per heavy atom. The highest BCUT2D eigenvalue weighted by molar-refractivity contribution is 7.71. The van der Waals surface area contributed by atoms with Gasteiger partial charge in [0.2, 0.25) is 5.13 Å². The zero-order valence-electron chi connectivity index (χ0n) is 14.1. The lowest BCUT2D eigenvalue weighted by Gasteiger charge is -2.00. The van der Waals surface area contributed by atoms with Gasteiger partial charge in [0.25, 0.3) is 0 Å². The van der Waals surface area contributed by atoms with Crippen molar-refractivity contribution in [3.05, 3.63) is 81.9 Å². The molecule has 4 rings (SSSR count). The minimum absolute atomic E-state index is 0.706. The smallest absolute Gasteiger partial charge is 0.209 e.